The lowest BCUT2D eigenvalue weighted by molar-refractivity contribution is 0.0778. The quantitative estimate of drug-likeness (QED) is 0.807. The van der Waals surface area contributed by atoms with Crippen molar-refractivity contribution >= 4 is 11.7 Å². The van der Waals surface area contributed by atoms with Gasteiger partial charge >= 0.3 is 0 Å². The fraction of sp³-hybridized carbons (Fsp3) is 0.700. The molecular weight excluding hydrogens is 342 g/mol. The Morgan fingerprint density at radius 1 is 1.19 bits per heavy atom. The number of aromatic nitrogens is 1. The molecule has 0 saturated carbocycles. The SMILES string of the molecule is CN1CCCN(CC2CN(C(=O)c3ccc(N(C)C)nc3)CC2CO)CC1. The zero-order valence-electron chi connectivity index (χ0n) is 16.8. The first-order valence-electron chi connectivity index (χ1n) is 9.92. The van der Waals surface area contributed by atoms with Crippen LogP contribution in [0, 0.1) is 11.8 Å². The van der Waals surface area contributed by atoms with Gasteiger partial charge in [0.2, 0.25) is 0 Å². The standard InChI is InChI=1S/C20H33N5O2/c1-22(2)19-6-5-16(11-21-19)20(27)25-13-17(18(14-25)15-26)12-24-8-4-7-23(3)9-10-24/h5-6,11,17-18,26H,4,7-10,12-15H2,1-3H3. The molecule has 2 saturated heterocycles. The predicted molar refractivity (Wildman–Crippen MR) is 107 cm³/mol. The lowest BCUT2D eigenvalue weighted by Crippen LogP contribution is -2.36. The molecule has 3 heterocycles. The summed E-state index contributed by atoms with van der Waals surface area (Å²) >= 11 is 0. The molecule has 7 heteroatoms. The molecule has 2 aliphatic heterocycles. The van der Waals surface area contributed by atoms with E-state index in [1.165, 1.54) is 6.42 Å². The predicted octanol–water partition coefficient (Wildman–Crippen LogP) is 0.466. The van der Waals surface area contributed by atoms with Crippen LogP contribution in [0.1, 0.15) is 16.8 Å². The minimum atomic E-state index is 0.0179. The normalized spacial score (nSPS) is 24.8. The van der Waals surface area contributed by atoms with E-state index in [2.05, 4.69) is 21.8 Å². The Morgan fingerprint density at radius 2 is 1.96 bits per heavy atom. The van der Waals surface area contributed by atoms with E-state index in [1.54, 1.807) is 6.20 Å². The highest BCUT2D eigenvalue weighted by molar-refractivity contribution is 5.94. The maximum absolute atomic E-state index is 12.9. The largest absolute Gasteiger partial charge is 0.396 e. The molecule has 2 unspecified atom stereocenters. The Bertz CT molecular complexity index is 621. The number of aliphatic hydroxyl groups is 1. The highest BCUT2D eigenvalue weighted by atomic mass is 16.3. The van der Waals surface area contributed by atoms with E-state index in [-0.39, 0.29) is 18.4 Å². The molecule has 0 spiro atoms. The summed E-state index contributed by atoms with van der Waals surface area (Å²) in [5.74, 6) is 1.34. The zero-order chi connectivity index (χ0) is 19.4. The average Bonchev–Trinajstić information content (AvgIpc) is 2.96. The first-order chi connectivity index (χ1) is 13.0. The first kappa shape index (κ1) is 20.0. The van der Waals surface area contributed by atoms with Gasteiger partial charge in [0.15, 0.2) is 0 Å². The van der Waals surface area contributed by atoms with Gasteiger partial charge < -0.3 is 24.7 Å². The van der Waals surface area contributed by atoms with Gasteiger partial charge in [0.1, 0.15) is 5.82 Å². The van der Waals surface area contributed by atoms with Crippen LogP contribution >= 0.6 is 0 Å². The monoisotopic (exact) mass is 375 g/mol. The van der Waals surface area contributed by atoms with E-state index in [4.69, 9.17) is 0 Å². The lowest BCUT2D eigenvalue weighted by Gasteiger charge is -2.26. The van der Waals surface area contributed by atoms with Crippen molar-refractivity contribution in [2.24, 2.45) is 11.8 Å². The fourth-order valence-corrected chi connectivity index (χ4v) is 4.09. The van der Waals surface area contributed by atoms with Crippen LogP contribution < -0.4 is 4.90 Å². The van der Waals surface area contributed by atoms with Crippen molar-refractivity contribution in [2.75, 3.05) is 78.5 Å². The number of likely N-dealkylation sites (tertiary alicyclic amines) is 1. The second kappa shape index (κ2) is 8.99. The molecule has 2 aliphatic rings. The number of amides is 1. The van der Waals surface area contributed by atoms with Crippen LogP contribution in [0.2, 0.25) is 0 Å². The van der Waals surface area contributed by atoms with Gasteiger partial charge in [0, 0.05) is 65.5 Å². The summed E-state index contributed by atoms with van der Waals surface area (Å²) in [5.41, 5.74) is 0.620. The van der Waals surface area contributed by atoms with Crippen molar-refractivity contribution in [3.8, 4) is 0 Å². The maximum Gasteiger partial charge on any atom is 0.255 e. The van der Waals surface area contributed by atoms with Crippen molar-refractivity contribution < 1.29 is 9.90 Å². The smallest absolute Gasteiger partial charge is 0.255 e. The van der Waals surface area contributed by atoms with Crippen LogP contribution in [-0.2, 0) is 0 Å². The summed E-state index contributed by atoms with van der Waals surface area (Å²) in [7, 11) is 6.04. The number of anilines is 1. The van der Waals surface area contributed by atoms with Crippen LogP contribution in [0.4, 0.5) is 5.82 Å². The van der Waals surface area contributed by atoms with Crippen molar-refractivity contribution in [2.45, 2.75) is 6.42 Å². The molecule has 3 rings (SSSR count). The van der Waals surface area contributed by atoms with Gasteiger partial charge in [-0.2, -0.15) is 0 Å². The number of carbonyl (C=O) groups is 1. The highest BCUT2D eigenvalue weighted by Crippen LogP contribution is 2.26. The molecule has 2 atom stereocenters. The van der Waals surface area contributed by atoms with Crippen molar-refractivity contribution in [1.29, 1.82) is 0 Å². The molecule has 1 N–H and O–H groups in total. The number of hydrogen-bond donors (Lipinski definition) is 1. The molecule has 7 nitrogen and oxygen atoms in total. The Kier molecular flexibility index (Phi) is 6.68. The average molecular weight is 376 g/mol. The fourth-order valence-electron chi connectivity index (χ4n) is 4.09. The van der Waals surface area contributed by atoms with E-state index in [9.17, 15) is 9.90 Å². The molecule has 0 aromatic carbocycles. The second-order valence-electron chi connectivity index (χ2n) is 8.17. The Labute approximate surface area is 162 Å². The molecule has 1 amide bonds. The molecule has 1 aromatic rings. The lowest BCUT2D eigenvalue weighted by atomic mass is 9.96. The second-order valence-corrected chi connectivity index (χ2v) is 8.17. The molecule has 0 aliphatic carbocycles. The highest BCUT2D eigenvalue weighted by Gasteiger charge is 2.36. The van der Waals surface area contributed by atoms with E-state index < -0.39 is 0 Å². The minimum absolute atomic E-state index is 0.0179. The summed E-state index contributed by atoms with van der Waals surface area (Å²) < 4.78 is 0. The van der Waals surface area contributed by atoms with Crippen LogP contribution in [-0.4, -0.2) is 104 Å². The van der Waals surface area contributed by atoms with Gasteiger partial charge in [-0.1, -0.05) is 0 Å². The van der Waals surface area contributed by atoms with E-state index in [0.29, 0.717) is 24.6 Å². The minimum Gasteiger partial charge on any atom is -0.396 e. The van der Waals surface area contributed by atoms with Crippen molar-refractivity contribution in [3.63, 3.8) is 0 Å². The third kappa shape index (κ3) is 4.97. The van der Waals surface area contributed by atoms with Gasteiger partial charge in [-0.25, -0.2) is 4.98 Å². The Balaban J connectivity index is 1.61. The summed E-state index contributed by atoms with van der Waals surface area (Å²) in [5, 5.41) is 9.85. The zero-order valence-corrected chi connectivity index (χ0v) is 16.8. The molecule has 0 bridgehead atoms. The summed E-state index contributed by atoms with van der Waals surface area (Å²) in [6.45, 7) is 6.84. The van der Waals surface area contributed by atoms with E-state index in [1.807, 2.05) is 36.0 Å². The number of pyridine rings is 1. The number of hydrogen-bond acceptors (Lipinski definition) is 6. The van der Waals surface area contributed by atoms with E-state index in [0.717, 1.165) is 38.5 Å². The number of rotatable bonds is 5. The molecule has 0 radical (unpaired) electrons. The molecule has 2 fully saturated rings. The summed E-state index contributed by atoms with van der Waals surface area (Å²) in [6, 6.07) is 3.72. The van der Waals surface area contributed by atoms with Crippen LogP contribution in [0.3, 0.4) is 0 Å². The van der Waals surface area contributed by atoms with Gasteiger partial charge in [0.25, 0.3) is 5.91 Å². The molecule has 150 valence electrons. The molecular formula is C20H33N5O2. The molecule has 27 heavy (non-hydrogen) atoms. The van der Waals surface area contributed by atoms with Crippen LogP contribution in [0.15, 0.2) is 18.3 Å². The number of likely N-dealkylation sites (N-methyl/N-ethyl adjacent to an activating group) is 1. The van der Waals surface area contributed by atoms with Crippen molar-refractivity contribution in [3.05, 3.63) is 23.9 Å². The van der Waals surface area contributed by atoms with Gasteiger partial charge in [-0.05, 0) is 44.6 Å². The number of carbonyl (C=O) groups excluding carboxylic acids is 1. The van der Waals surface area contributed by atoms with Crippen molar-refractivity contribution in [1.82, 2.24) is 19.7 Å². The number of nitrogens with zero attached hydrogens (tertiary/aromatic N) is 5. The molecule has 1 aromatic heterocycles. The Morgan fingerprint density at radius 3 is 2.63 bits per heavy atom. The van der Waals surface area contributed by atoms with Gasteiger partial charge in [0.05, 0.1) is 5.56 Å². The maximum atomic E-state index is 12.9. The van der Waals surface area contributed by atoms with Gasteiger partial charge in [-0.15, -0.1) is 0 Å². The summed E-state index contributed by atoms with van der Waals surface area (Å²) in [6.07, 6.45) is 2.84. The summed E-state index contributed by atoms with van der Waals surface area (Å²) in [4.78, 5) is 25.9. The van der Waals surface area contributed by atoms with E-state index >= 15 is 0 Å². The van der Waals surface area contributed by atoms with Crippen LogP contribution in [0.25, 0.3) is 0 Å². The third-order valence-electron chi connectivity index (χ3n) is 5.86. The topological polar surface area (TPSA) is 63.2 Å². The number of aliphatic hydroxyl groups excluding tert-OH is 1. The van der Waals surface area contributed by atoms with Crippen LogP contribution in [0.5, 0.6) is 0 Å². The Hall–Kier alpha value is -1.70. The first-order valence-corrected chi connectivity index (χ1v) is 9.92. The third-order valence-corrected chi connectivity index (χ3v) is 5.86. The van der Waals surface area contributed by atoms with Gasteiger partial charge in [-0.3, -0.25) is 4.79 Å².